The fourth-order valence-electron chi connectivity index (χ4n) is 4.07. The summed E-state index contributed by atoms with van der Waals surface area (Å²) in [6.07, 6.45) is 1.10. The predicted octanol–water partition coefficient (Wildman–Crippen LogP) is 1.90. The van der Waals surface area contributed by atoms with Crippen LogP contribution in [0.4, 0.5) is 17.1 Å². The number of carbonyl (C=O) groups excluding carboxylic acids is 2. The summed E-state index contributed by atoms with van der Waals surface area (Å²) in [5.74, 6) is -2.91. The van der Waals surface area contributed by atoms with Crippen LogP contribution < -0.4 is 33.0 Å². The Morgan fingerprint density at radius 3 is 2.33 bits per heavy atom. The van der Waals surface area contributed by atoms with Crippen LogP contribution in [0.5, 0.6) is 5.88 Å². The number of nitrogen functional groups attached to an aromatic ring is 1. The van der Waals surface area contributed by atoms with E-state index in [0.29, 0.717) is 17.8 Å². The fourth-order valence-corrected chi connectivity index (χ4v) is 4.07. The minimum absolute atomic E-state index is 0. The number of ether oxygens (including phenoxy) is 1. The number of hydrogen-bond donors (Lipinski definition) is 6. The van der Waals surface area contributed by atoms with Gasteiger partial charge in [-0.2, -0.15) is 4.98 Å². The number of imidazole rings is 1. The van der Waals surface area contributed by atoms with Crippen molar-refractivity contribution in [2.45, 2.75) is 19.5 Å². The first-order valence-corrected chi connectivity index (χ1v) is 12.9. The van der Waals surface area contributed by atoms with Gasteiger partial charge in [-0.25, -0.2) is 14.6 Å². The molecule has 2 aromatic heterocycles. The maximum atomic E-state index is 12.5. The second-order valence-electron chi connectivity index (χ2n) is 9.39. The molecule has 45 heavy (non-hydrogen) atoms. The number of halogens is 1. The third-order valence-electron chi connectivity index (χ3n) is 6.44. The highest BCUT2D eigenvalue weighted by molar-refractivity contribution is 5.96. The molecule has 16 heteroatoms. The molecule has 0 radical (unpaired) electrons. The van der Waals surface area contributed by atoms with Gasteiger partial charge in [-0.1, -0.05) is 24.3 Å². The lowest BCUT2D eigenvalue weighted by molar-refractivity contribution is 0.0599. The maximum absolute atomic E-state index is 12.5. The van der Waals surface area contributed by atoms with Crippen LogP contribution in [0.3, 0.4) is 0 Å². The van der Waals surface area contributed by atoms with Crippen LogP contribution in [0.15, 0.2) is 70.4 Å². The van der Waals surface area contributed by atoms with Crippen LogP contribution in [0.1, 0.15) is 55.4 Å². The molecule has 0 fully saturated rings. The Kier molecular flexibility index (Phi) is 10.6. The average Bonchev–Trinajstić information content (AvgIpc) is 3.42. The van der Waals surface area contributed by atoms with Crippen LogP contribution in [0, 0.1) is 0 Å². The van der Waals surface area contributed by atoms with Gasteiger partial charge in [-0.15, -0.1) is 12.4 Å². The number of aromatic nitrogens is 3. The number of methoxy groups -OCH3 is 1. The van der Waals surface area contributed by atoms with Gasteiger partial charge in [0.2, 0.25) is 11.7 Å². The number of carboxylic acid groups (broad SMARTS) is 1. The number of nitrogens with zero attached hydrogens (tertiary/aromatic N) is 3. The summed E-state index contributed by atoms with van der Waals surface area (Å²) in [7, 11) is 1.29. The van der Waals surface area contributed by atoms with Crippen LogP contribution in [-0.4, -0.2) is 49.5 Å². The standard InChI is InChI=1S/C18H16N4O6.C11H11N3O2.ClH/c1-9(10-3-5-11(6-4-10)17(27)28-2)19-15(24)12-7-13(16(25)26)22-8-14(23)21-18(22)20-12;12-5-6-2-1-3-7(4-6)14-9-8(13)10(15)11(9)16;/h3-9,23H,1-2H3,(H,19,24)(H,25,26);1-4,14H,5,12-13H2;1H/t9-;;/m0../s1. The normalized spacial score (nSPS) is 11.1. The molecule has 0 saturated heterocycles. The lowest BCUT2D eigenvalue weighted by atomic mass is 10.1. The molecule has 2 heterocycles. The molecule has 5 aromatic rings. The fraction of sp³-hybridized carbons (Fsp3) is 0.138. The number of rotatable bonds is 8. The summed E-state index contributed by atoms with van der Waals surface area (Å²) in [5, 5.41) is 24.3. The molecule has 0 spiro atoms. The quantitative estimate of drug-likeness (QED) is 0.105. The zero-order valence-corrected chi connectivity index (χ0v) is 24.6. The van der Waals surface area contributed by atoms with E-state index in [1.165, 1.54) is 7.11 Å². The van der Waals surface area contributed by atoms with Crippen LogP contribution >= 0.6 is 12.4 Å². The number of anilines is 3. The van der Waals surface area contributed by atoms with Crippen molar-refractivity contribution < 1.29 is 29.3 Å². The van der Waals surface area contributed by atoms with E-state index in [2.05, 4.69) is 25.3 Å². The number of esters is 1. The summed E-state index contributed by atoms with van der Waals surface area (Å²) >= 11 is 0. The van der Waals surface area contributed by atoms with Crippen molar-refractivity contribution in [2.24, 2.45) is 5.73 Å². The Balaban J connectivity index is 0.000000276. The molecule has 8 N–H and O–H groups in total. The van der Waals surface area contributed by atoms with Crippen molar-refractivity contribution in [3.05, 3.63) is 109 Å². The van der Waals surface area contributed by atoms with Crippen molar-refractivity contribution in [1.29, 1.82) is 0 Å². The lowest BCUT2D eigenvalue weighted by Crippen LogP contribution is -2.36. The number of aromatic hydroxyl groups is 1. The van der Waals surface area contributed by atoms with Gasteiger partial charge in [0.1, 0.15) is 22.8 Å². The first kappa shape index (κ1) is 33.7. The van der Waals surface area contributed by atoms with Gasteiger partial charge in [-0.3, -0.25) is 18.8 Å². The highest BCUT2D eigenvalue weighted by Crippen LogP contribution is 2.19. The molecule has 3 aromatic carbocycles. The zero-order valence-electron chi connectivity index (χ0n) is 23.8. The molecule has 1 amide bonds. The third-order valence-corrected chi connectivity index (χ3v) is 6.44. The van der Waals surface area contributed by atoms with Crippen LogP contribution in [-0.2, 0) is 11.3 Å². The third kappa shape index (κ3) is 7.41. The van der Waals surface area contributed by atoms with E-state index in [1.54, 1.807) is 43.3 Å². The summed E-state index contributed by atoms with van der Waals surface area (Å²) in [4.78, 5) is 65.2. The minimum atomic E-state index is -1.30. The first-order valence-electron chi connectivity index (χ1n) is 12.9. The first-order chi connectivity index (χ1) is 20.9. The average molecular weight is 638 g/mol. The van der Waals surface area contributed by atoms with Crippen molar-refractivity contribution in [2.75, 3.05) is 18.2 Å². The van der Waals surface area contributed by atoms with Gasteiger partial charge >= 0.3 is 11.9 Å². The van der Waals surface area contributed by atoms with Crippen molar-refractivity contribution in [3.63, 3.8) is 0 Å². The van der Waals surface area contributed by atoms with Crippen molar-refractivity contribution in [3.8, 4) is 5.88 Å². The van der Waals surface area contributed by atoms with E-state index in [-0.39, 0.29) is 40.9 Å². The van der Waals surface area contributed by atoms with Gasteiger partial charge < -0.3 is 37.1 Å². The summed E-state index contributed by atoms with van der Waals surface area (Å²) < 4.78 is 5.71. The molecular weight excluding hydrogens is 610 g/mol. The Labute approximate surface area is 260 Å². The SMILES string of the molecule is COC(=O)c1ccc([C@H](C)NC(=O)c2cc(C(=O)O)n3cc(O)nc3n2)cc1.Cl.NCc1cccc(Nc2c(N)c(=O)c2=O)c1. The largest absolute Gasteiger partial charge is 0.492 e. The number of fused-ring (bicyclic) bond motifs is 1. The lowest BCUT2D eigenvalue weighted by Gasteiger charge is -2.15. The van der Waals surface area contributed by atoms with Gasteiger partial charge in [-0.05, 0) is 42.3 Å². The molecule has 0 bridgehead atoms. The van der Waals surface area contributed by atoms with Crippen LogP contribution in [0.2, 0.25) is 0 Å². The van der Waals surface area contributed by atoms with Gasteiger partial charge in [0, 0.05) is 18.3 Å². The second kappa shape index (κ2) is 14.1. The topological polar surface area (TPSA) is 241 Å². The molecule has 0 saturated carbocycles. The van der Waals surface area contributed by atoms with E-state index in [9.17, 15) is 34.2 Å². The predicted molar refractivity (Wildman–Crippen MR) is 166 cm³/mol. The molecule has 0 aliphatic heterocycles. The highest BCUT2D eigenvalue weighted by Gasteiger charge is 2.20. The van der Waals surface area contributed by atoms with E-state index in [1.807, 2.05) is 12.1 Å². The number of carboxylic acids is 1. The molecule has 0 unspecified atom stereocenters. The number of aromatic carboxylic acids is 1. The number of nitrogens with one attached hydrogen (secondary N) is 2. The number of carbonyl (C=O) groups is 3. The Bertz CT molecular complexity index is 1950. The van der Waals surface area contributed by atoms with Crippen LogP contribution in [0.25, 0.3) is 5.78 Å². The summed E-state index contributed by atoms with van der Waals surface area (Å²) in [6.45, 7) is 2.14. The minimum Gasteiger partial charge on any atom is -0.492 e. The number of nitrogens with two attached hydrogens (primary N) is 2. The summed E-state index contributed by atoms with van der Waals surface area (Å²) in [6, 6.07) is 14.4. The molecule has 1 atom stereocenters. The molecule has 5 rings (SSSR count). The van der Waals surface area contributed by atoms with E-state index in [4.69, 9.17) is 11.5 Å². The smallest absolute Gasteiger partial charge is 0.353 e. The van der Waals surface area contributed by atoms with Crippen molar-refractivity contribution >= 4 is 53.1 Å². The number of hydrogen-bond acceptors (Lipinski definition) is 12. The highest BCUT2D eigenvalue weighted by atomic mass is 35.5. The Morgan fingerprint density at radius 2 is 1.73 bits per heavy atom. The molecule has 15 nitrogen and oxygen atoms in total. The van der Waals surface area contributed by atoms with Crippen molar-refractivity contribution in [1.82, 2.24) is 19.7 Å². The van der Waals surface area contributed by atoms with Gasteiger partial charge in [0.25, 0.3) is 16.8 Å². The Morgan fingerprint density at radius 1 is 1.04 bits per heavy atom. The molecule has 234 valence electrons. The molecule has 0 aliphatic rings. The maximum Gasteiger partial charge on any atom is 0.353 e. The van der Waals surface area contributed by atoms with E-state index < -0.39 is 40.6 Å². The number of benzene rings is 2. The van der Waals surface area contributed by atoms with Gasteiger partial charge in [0.15, 0.2) is 0 Å². The van der Waals surface area contributed by atoms with Gasteiger partial charge in [0.05, 0.1) is 24.9 Å². The van der Waals surface area contributed by atoms with E-state index >= 15 is 0 Å². The molecule has 0 aliphatic carbocycles. The van der Waals surface area contributed by atoms with E-state index in [0.717, 1.165) is 27.8 Å². The molecular formula is C29H28ClN7O8. The zero-order chi connectivity index (χ0) is 32.1. The Hall–Kier alpha value is -5.80. The number of amides is 1. The summed E-state index contributed by atoms with van der Waals surface area (Å²) in [5.41, 5.74) is 12.1. The monoisotopic (exact) mass is 637 g/mol. The second-order valence-corrected chi connectivity index (χ2v) is 9.39.